The molecule has 0 aliphatic carbocycles. The van der Waals surface area contributed by atoms with Gasteiger partial charge in [0.25, 0.3) is 0 Å². The zero-order valence-electron chi connectivity index (χ0n) is 12.0. The number of rotatable bonds is 7. The van der Waals surface area contributed by atoms with Crippen molar-refractivity contribution >= 4 is 15.9 Å². The number of hydrogen-bond acceptors (Lipinski definition) is 4. The highest BCUT2D eigenvalue weighted by Gasteiger charge is 2.32. The van der Waals surface area contributed by atoms with Crippen LogP contribution in [0.2, 0.25) is 0 Å². The van der Waals surface area contributed by atoms with Gasteiger partial charge in [0, 0.05) is 50.3 Å². The first-order chi connectivity index (χ1) is 9.74. The monoisotopic (exact) mass is 342 g/mol. The maximum absolute atomic E-state index is 5.54. The van der Waals surface area contributed by atoms with Crippen LogP contribution in [0.4, 0.5) is 0 Å². The van der Waals surface area contributed by atoms with E-state index in [1.165, 1.54) is 5.56 Å². The quantitative estimate of drug-likeness (QED) is 0.773. The van der Waals surface area contributed by atoms with Gasteiger partial charge in [-0.1, -0.05) is 0 Å². The standard InChI is InChI=1S/C15H23BrN2O2/c1-19-7-4-17-12-15(2-5-20-6-3-15)9-13-8-14(16)11-18-10-13/h8,10-11,17H,2-7,9,12H2,1H3. The minimum Gasteiger partial charge on any atom is -0.383 e. The Hall–Kier alpha value is -0.490. The molecular formula is C15H23BrN2O2. The molecule has 5 heteroatoms. The molecule has 0 unspecified atom stereocenters. The van der Waals surface area contributed by atoms with Crippen molar-refractivity contribution < 1.29 is 9.47 Å². The molecule has 2 heterocycles. The van der Waals surface area contributed by atoms with Crippen molar-refractivity contribution in [2.45, 2.75) is 19.3 Å². The zero-order valence-corrected chi connectivity index (χ0v) is 13.6. The fourth-order valence-electron chi connectivity index (χ4n) is 2.73. The molecule has 1 saturated heterocycles. The van der Waals surface area contributed by atoms with Gasteiger partial charge in [0.2, 0.25) is 0 Å². The van der Waals surface area contributed by atoms with E-state index >= 15 is 0 Å². The molecule has 0 spiro atoms. The Labute approximate surface area is 129 Å². The Morgan fingerprint density at radius 2 is 2.20 bits per heavy atom. The lowest BCUT2D eigenvalue weighted by Crippen LogP contribution is -2.41. The number of halogens is 1. The largest absolute Gasteiger partial charge is 0.383 e. The second kappa shape index (κ2) is 8.08. The Morgan fingerprint density at radius 1 is 1.40 bits per heavy atom. The van der Waals surface area contributed by atoms with Crippen molar-refractivity contribution in [3.8, 4) is 0 Å². The number of nitrogens with zero attached hydrogens (tertiary/aromatic N) is 1. The van der Waals surface area contributed by atoms with Crippen LogP contribution in [-0.2, 0) is 15.9 Å². The van der Waals surface area contributed by atoms with Crippen molar-refractivity contribution in [2.75, 3.05) is 40.0 Å². The number of hydrogen-bond donors (Lipinski definition) is 1. The van der Waals surface area contributed by atoms with E-state index < -0.39 is 0 Å². The number of aromatic nitrogens is 1. The van der Waals surface area contributed by atoms with E-state index in [9.17, 15) is 0 Å². The van der Waals surface area contributed by atoms with Gasteiger partial charge in [0.1, 0.15) is 0 Å². The molecule has 1 N–H and O–H groups in total. The van der Waals surface area contributed by atoms with Crippen LogP contribution in [0.15, 0.2) is 22.9 Å². The van der Waals surface area contributed by atoms with Crippen LogP contribution in [0.3, 0.4) is 0 Å². The van der Waals surface area contributed by atoms with Crippen LogP contribution in [0.25, 0.3) is 0 Å². The van der Waals surface area contributed by atoms with E-state index in [2.05, 4.69) is 32.3 Å². The van der Waals surface area contributed by atoms with Crippen LogP contribution in [0, 0.1) is 5.41 Å². The fraction of sp³-hybridized carbons (Fsp3) is 0.667. The Balaban J connectivity index is 1.98. The predicted octanol–water partition coefficient (Wildman–Crippen LogP) is 2.42. The van der Waals surface area contributed by atoms with Crippen molar-refractivity contribution in [3.05, 3.63) is 28.5 Å². The minimum absolute atomic E-state index is 0.272. The lowest BCUT2D eigenvalue weighted by atomic mass is 9.75. The van der Waals surface area contributed by atoms with Gasteiger partial charge in [-0.25, -0.2) is 0 Å². The molecule has 112 valence electrons. The van der Waals surface area contributed by atoms with E-state index in [1.807, 2.05) is 12.4 Å². The molecule has 0 bridgehead atoms. The van der Waals surface area contributed by atoms with E-state index in [1.54, 1.807) is 7.11 Å². The van der Waals surface area contributed by atoms with Crippen LogP contribution in [0.5, 0.6) is 0 Å². The number of pyridine rings is 1. The van der Waals surface area contributed by atoms with Gasteiger partial charge in [-0.15, -0.1) is 0 Å². The molecule has 1 aromatic rings. The zero-order chi connectivity index (χ0) is 14.3. The Morgan fingerprint density at radius 3 is 2.90 bits per heavy atom. The highest BCUT2D eigenvalue weighted by Crippen LogP contribution is 2.34. The van der Waals surface area contributed by atoms with Crippen LogP contribution in [0.1, 0.15) is 18.4 Å². The van der Waals surface area contributed by atoms with Gasteiger partial charge in [-0.3, -0.25) is 4.98 Å². The van der Waals surface area contributed by atoms with Crippen molar-refractivity contribution in [3.63, 3.8) is 0 Å². The van der Waals surface area contributed by atoms with Gasteiger partial charge < -0.3 is 14.8 Å². The Bertz CT molecular complexity index is 409. The summed E-state index contributed by atoms with van der Waals surface area (Å²) in [6, 6.07) is 2.17. The summed E-state index contributed by atoms with van der Waals surface area (Å²) in [6.45, 7) is 4.37. The predicted molar refractivity (Wildman–Crippen MR) is 82.9 cm³/mol. The molecule has 0 saturated carbocycles. The van der Waals surface area contributed by atoms with Crippen LogP contribution < -0.4 is 5.32 Å². The smallest absolute Gasteiger partial charge is 0.0587 e. The average Bonchev–Trinajstić information content (AvgIpc) is 2.45. The average molecular weight is 343 g/mol. The molecule has 0 radical (unpaired) electrons. The van der Waals surface area contributed by atoms with Crippen LogP contribution in [-0.4, -0.2) is 45.0 Å². The van der Waals surface area contributed by atoms with Gasteiger partial charge >= 0.3 is 0 Å². The summed E-state index contributed by atoms with van der Waals surface area (Å²) in [6.07, 6.45) is 7.04. The van der Waals surface area contributed by atoms with Crippen molar-refractivity contribution in [1.82, 2.24) is 10.3 Å². The second-order valence-electron chi connectivity index (χ2n) is 5.47. The summed E-state index contributed by atoms with van der Waals surface area (Å²) >= 11 is 3.50. The summed E-state index contributed by atoms with van der Waals surface area (Å²) in [7, 11) is 1.74. The summed E-state index contributed by atoms with van der Waals surface area (Å²) in [5, 5.41) is 3.52. The Kier molecular flexibility index (Phi) is 6.42. The minimum atomic E-state index is 0.272. The molecule has 1 aliphatic heterocycles. The fourth-order valence-corrected chi connectivity index (χ4v) is 3.15. The van der Waals surface area contributed by atoms with E-state index in [4.69, 9.17) is 9.47 Å². The van der Waals surface area contributed by atoms with Gasteiger partial charge in [0.05, 0.1) is 6.61 Å². The molecule has 0 aromatic carbocycles. The molecule has 1 fully saturated rings. The molecule has 0 amide bonds. The van der Waals surface area contributed by atoms with E-state index in [-0.39, 0.29) is 5.41 Å². The molecule has 4 nitrogen and oxygen atoms in total. The number of ether oxygens (including phenoxy) is 2. The lowest BCUT2D eigenvalue weighted by Gasteiger charge is -2.37. The summed E-state index contributed by atoms with van der Waals surface area (Å²) < 4.78 is 11.7. The van der Waals surface area contributed by atoms with Gasteiger partial charge in [0.15, 0.2) is 0 Å². The van der Waals surface area contributed by atoms with Crippen molar-refractivity contribution in [2.24, 2.45) is 5.41 Å². The summed E-state index contributed by atoms with van der Waals surface area (Å²) in [5.41, 5.74) is 1.56. The first-order valence-corrected chi connectivity index (χ1v) is 7.90. The first-order valence-electron chi connectivity index (χ1n) is 7.11. The first kappa shape index (κ1) is 15.9. The third kappa shape index (κ3) is 4.81. The number of methoxy groups -OCH3 is 1. The molecule has 20 heavy (non-hydrogen) atoms. The van der Waals surface area contributed by atoms with Crippen LogP contribution >= 0.6 is 15.9 Å². The SMILES string of the molecule is COCCNCC1(Cc2cncc(Br)c2)CCOCC1. The van der Waals surface area contributed by atoms with E-state index in [0.717, 1.165) is 56.6 Å². The van der Waals surface area contributed by atoms with Gasteiger partial charge in [-0.05, 0) is 52.2 Å². The van der Waals surface area contributed by atoms with Crippen molar-refractivity contribution in [1.29, 1.82) is 0 Å². The molecule has 1 aliphatic rings. The molecular weight excluding hydrogens is 320 g/mol. The third-order valence-electron chi connectivity index (χ3n) is 3.88. The maximum atomic E-state index is 5.54. The maximum Gasteiger partial charge on any atom is 0.0587 e. The highest BCUT2D eigenvalue weighted by atomic mass is 79.9. The number of nitrogens with one attached hydrogen (secondary N) is 1. The highest BCUT2D eigenvalue weighted by molar-refractivity contribution is 9.10. The lowest BCUT2D eigenvalue weighted by molar-refractivity contribution is 0.0143. The normalized spacial score (nSPS) is 18.1. The molecule has 1 aromatic heterocycles. The second-order valence-corrected chi connectivity index (χ2v) is 6.39. The molecule has 0 atom stereocenters. The van der Waals surface area contributed by atoms with Gasteiger partial charge in [-0.2, -0.15) is 0 Å². The molecule has 2 rings (SSSR count). The summed E-state index contributed by atoms with van der Waals surface area (Å²) in [4.78, 5) is 4.27. The third-order valence-corrected chi connectivity index (χ3v) is 4.31. The topological polar surface area (TPSA) is 43.4 Å². The summed E-state index contributed by atoms with van der Waals surface area (Å²) in [5.74, 6) is 0. The van der Waals surface area contributed by atoms with E-state index in [0.29, 0.717) is 0 Å².